The molecule has 0 radical (unpaired) electrons. The summed E-state index contributed by atoms with van der Waals surface area (Å²) in [6.07, 6.45) is 1.66. The van der Waals surface area contributed by atoms with Gasteiger partial charge < -0.3 is 4.74 Å². The standard InChI is InChI=1S/C19H26N4O2S/c1-3-25-18(24)17-9-11-21(12-10-17)14-23-19(26)22(15(2)20-23)13-16-7-5-4-6-8-16/h4-8,17H,3,9-14H2,1-2H3. The largest absolute Gasteiger partial charge is 0.466 e. The number of aromatic nitrogens is 3. The average molecular weight is 375 g/mol. The second-order valence-corrected chi connectivity index (χ2v) is 7.05. The lowest BCUT2D eigenvalue weighted by Gasteiger charge is -2.30. The van der Waals surface area contributed by atoms with Gasteiger partial charge in [0.2, 0.25) is 0 Å². The molecule has 1 aromatic carbocycles. The normalized spacial score (nSPS) is 15.9. The number of piperidine rings is 1. The van der Waals surface area contributed by atoms with Crippen LogP contribution in [0.15, 0.2) is 30.3 Å². The van der Waals surface area contributed by atoms with Crippen LogP contribution in [-0.2, 0) is 22.7 Å². The molecule has 2 heterocycles. The van der Waals surface area contributed by atoms with Gasteiger partial charge in [-0.2, -0.15) is 5.10 Å². The fourth-order valence-corrected chi connectivity index (χ4v) is 3.64. The van der Waals surface area contributed by atoms with Crippen molar-refractivity contribution in [1.29, 1.82) is 0 Å². The van der Waals surface area contributed by atoms with Crippen LogP contribution in [0.3, 0.4) is 0 Å². The SMILES string of the molecule is CCOC(=O)C1CCN(Cn2nc(C)n(Cc3ccccc3)c2=S)CC1. The molecular formula is C19H26N4O2S. The first-order chi connectivity index (χ1) is 12.6. The Balaban J connectivity index is 1.62. The maximum Gasteiger partial charge on any atom is 0.309 e. The number of nitrogens with zero attached hydrogens (tertiary/aromatic N) is 4. The van der Waals surface area contributed by atoms with E-state index in [1.165, 1.54) is 5.56 Å². The van der Waals surface area contributed by atoms with Crippen LogP contribution < -0.4 is 0 Å². The van der Waals surface area contributed by atoms with Crippen LogP contribution in [0.4, 0.5) is 0 Å². The summed E-state index contributed by atoms with van der Waals surface area (Å²) in [6, 6.07) is 10.3. The first-order valence-corrected chi connectivity index (χ1v) is 9.56. The van der Waals surface area contributed by atoms with Gasteiger partial charge in [-0.1, -0.05) is 30.3 Å². The summed E-state index contributed by atoms with van der Waals surface area (Å²) in [6.45, 7) is 7.40. The number of benzene rings is 1. The minimum Gasteiger partial charge on any atom is -0.466 e. The Morgan fingerprint density at radius 3 is 2.62 bits per heavy atom. The smallest absolute Gasteiger partial charge is 0.309 e. The van der Waals surface area contributed by atoms with Crippen molar-refractivity contribution in [3.05, 3.63) is 46.5 Å². The molecule has 2 aromatic rings. The summed E-state index contributed by atoms with van der Waals surface area (Å²) in [4.78, 5) is 14.2. The monoisotopic (exact) mass is 374 g/mol. The van der Waals surface area contributed by atoms with Gasteiger partial charge >= 0.3 is 5.97 Å². The molecule has 1 aliphatic heterocycles. The zero-order valence-electron chi connectivity index (χ0n) is 15.4. The van der Waals surface area contributed by atoms with E-state index in [1.807, 2.05) is 36.7 Å². The van der Waals surface area contributed by atoms with Crippen molar-refractivity contribution in [2.45, 2.75) is 39.9 Å². The number of aryl methyl sites for hydroxylation is 1. The van der Waals surface area contributed by atoms with Gasteiger partial charge in [-0.05, 0) is 44.5 Å². The van der Waals surface area contributed by atoms with E-state index in [2.05, 4.69) is 26.7 Å². The predicted molar refractivity (Wildman–Crippen MR) is 102 cm³/mol. The molecule has 0 saturated carbocycles. The van der Waals surface area contributed by atoms with E-state index in [-0.39, 0.29) is 11.9 Å². The summed E-state index contributed by atoms with van der Waals surface area (Å²) in [5.41, 5.74) is 1.21. The van der Waals surface area contributed by atoms with Crippen LogP contribution in [0.1, 0.15) is 31.2 Å². The Bertz CT molecular complexity index is 792. The molecule has 140 valence electrons. The van der Waals surface area contributed by atoms with E-state index < -0.39 is 0 Å². The molecule has 7 heteroatoms. The first-order valence-electron chi connectivity index (χ1n) is 9.15. The fraction of sp³-hybridized carbons (Fsp3) is 0.526. The molecule has 26 heavy (non-hydrogen) atoms. The summed E-state index contributed by atoms with van der Waals surface area (Å²) in [5.74, 6) is 0.878. The van der Waals surface area contributed by atoms with Gasteiger partial charge in [0, 0.05) is 13.1 Å². The van der Waals surface area contributed by atoms with Gasteiger partial charge in [0.15, 0.2) is 4.77 Å². The van der Waals surface area contributed by atoms with E-state index in [4.69, 9.17) is 17.0 Å². The summed E-state index contributed by atoms with van der Waals surface area (Å²) >= 11 is 5.64. The third-order valence-corrected chi connectivity index (χ3v) is 5.26. The van der Waals surface area contributed by atoms with Crippen LogP contribution in [0.2, 0.25) is 0 Å². The topological polar surface area (TPSA) is 52.3 Å². The van der Waals surface area contributed by atoms with Gasteiger partial charge in [-0.15, -0.1) is 0 Å². The molecule has 6 nitrogen and oxygen atoms in total. The van der Waals surface area contributed by atoms with Gasteiger partial charge in [0.1, 0.15) is 5.82 Å². The number of carbonyl (C=O) groups excluding carboxylic acids is 1. The molecule has 0 spiro atoms. The lowest BCUT2D eigenvalue weighted by Crippen LogP contribution is -2.38. The zero-order chi connectivity index (χ0) is 18.5. The molecule has 1 aliphatic rings. The van der Waals surface area contributed by atoms with E-state index in [0.29, 0.717) is 13.3 Å². The molecule has 1 aromatic heterocycles. The van der Waals surface area contributed by atoms with Gasteiger partial charge in [0.05, 0.1) is 25.7 Å². The molecule has 0 bridgehead atoms. The highest BCUT2D eigenvalue weighted by Gasteiger charge is 2.26. The summed E-state index contributed by atoms with van der Waals surface area (Å²) < 4.78 is 9.82. The summed E-state index contributed by atoms with van der Waals surface area (Å²) in [7, 11) is 0. The van der Waals surface area contributed by atoms with Crippen LogP contribution in [0.5, 0.6) is 0 Å². The number of hydrogen-bond acceptors (Lipinski definition) is 5. The number of likely N-dealkylation sites (tertiary alicyclic amines) is 1. The van der Waals surface area contributed by atoms with Crippen molar-refractivity contribution >= 4 is 18.2 Å². The maximum absolute atomic E-state index is 11.9. The van der Waals surface area contributed by atoms with E-state index in [1.54, 1.807) is 0 Å². The van der Waals surface area contributed by atoms with Gasteiger partial charge in [-0.3, -0.25) is 14.3 Å². The Hall–Kier alpha value is -1.99. The quantitative estimate of drug-likeness (QED) is 0.575. The van der Waals surface area contributed by atoms with Crippen molar-refractivity contribution < 1.29 is 9.53 Å². The number of hydrogen-bond donors (Lipinski definition) is 0. The summed E-state index contributed by atoms with van der Waals surface area (Å²) in [5, 5.41) is 4.63. The van der Waals surface area contributed by atoms with Crippen molar-refractivity contribution in [1.82, 2.24) is 19.2 Å². The lowest BCUT2D eigenvalue weighted by atomic mass is 9.97. The van der Waals surface area contributed by atoms with Gasteiger partial charge in [0.25, 0.3) is 0 Å². The highest BCUT2D eigenvalue weighted by atomic mass is 32.1. The van der Waals surface area contributed by atoms with Crippen molar-refractivity contribution in [3.8, 4) is 0 Å². The maximum atomic E-state index is 11.9. The van der Waals surface area contributed by atoms with Crippen LogP contribution in [0, 0.1) is 17.6 Å². The Labute approximate surface area is 159 Å². The van der Waals surface area contributed by atoms with Crippen molar-refractivity contribution in [3.63, 3.8) is 0 Å². The molecule has 0 unspecified atom stereocenters. The molecule has 3 rings (SSSR count). The fourth-order valence-electron chi connectivity index (χ4n) is 3.35. The Kier molecular flexibility index (Phi) is 6.21. The number of rotatable bonds is 6. The Morgan fingerprint density at radius 1 is 1.27 bits per heavy atom. The van der Waals surface area contributed by atoms with Crippen LogP contribution >= 0.6 is 12.2 Å². The second-order valence-electron chi connectivity index (χ2n) is 6.69. The Morgan fingerprint density at radius 2 is 1.96 bits per heavy atom. The highest BCUT2D eigenvalue weighted by molar-refractivity contribution is 7.71. The van der Waals surface area contributed by atoms with Gasteiger partial charge in [-0.25, -0.2) is 4.68 Å². The van der Waals surface area contributed by atoms with Crippen LogP contribution in [0.25, 0.3) is 0 Å². The predicted octanol–water partition coefficient (Wildman–Crippen LogP) is 3.00. The zero-order valence-corrected chi connectivity index (χ0v) is 16.2. The molecular weight excluding hydrogens is 348 g/mol. The molecule has 0 aliphatic carbocycles. The highest BCUT2D eigenvalue weighted by Crippen LogP contribution is 2.19. The first kappa shape index (κ1) is 18.8. The minimum atomic E-state index is -0.0632. The van der Waals surface area contributed by atoms with E-state index in [9.17, 15) is 4.79 Å². The third kappa shape index (κ3) is 4.40. The van der Waals surface area contributed by atoms with Crippen molar-refractivity contribution in [2.24, 2.45) is 5.92 Å². The van der Waals surface area contributed by atoms with E-state index >= 15 is 0 Å². The van der Waals surface area contributed by atoms with Crippen LogP contribution in [-0.4, -0.2) is 44.9 Å². The minimum absolute atomic E-state index is 0.0246. The molecule has 0 N–H and O–H groups in total. The van der Waals surface area contributed by atoms with Crippen molar-refractivity contribution in [2.75, 3.05) is 19.7 Å². The number of ether oxygens (including phenoxy) is 1. The molecule has 1 saturated heterocycles. The van der Waals surface area contributed by atoms with E-state index in [0.717, 1.165) is 43.1 Å². The molecule has 1 fully saturated rings. The lowest BCUT2D eigenvalue weighted by molar-refractivity contribution is -0.149. The number of esters is 1. The average Bonchev–Trinajstić information content (AvgIpc) is 2.91. The number of carbonyl (C=O) groups is 1. The molecule has 0 atom stereocenters. The second kappa shape index (κ2) is 8.60. The molecule has 0 amide bonds. The third-order valence-electron chi connectivity index (χ3n) is 4.83.